The van der Waals surface area contributed by atoms with E-state index in [4.69, 9.17) is 4.74 Å². The van der Waals surface area contributed by atoms with E-state index in [1.807, 2.05) is 16.9 Å². The Morgan fingerprint density at radius 1 is 1.62 bits per heavy atom. The van der Waals surface area contributed by atoms with Crippen LogP contribution in [0.2, 0.25) is 0 Å². The van der Waals surface area contributed by atoms with Gasteiger partial charge in [0.05, 0.1) is 18.9 Å². The third kappa shape index (κ3) is 1.36. The SMILES string of the molecule is CC(C)n1ccc(C2(O)COC2)n1. The van der Waals surface area contributed by atoms with Crippen LogP contribution in [-0.2, 0) is 10.3 Å². The fourth-order valence-electron chi connectivity index (χ4n) is 1.32. The molecule has 1 aliphatic heterocycles. The predicted molar refractivity (Wildman–Crippen MR) is 47.3 cm³/mol. The lowest BCUT2D eigenvalue weighted by Gasteiger charge is -2.34. The van der Waals surface area contributed by atoms with Crippen molar-refractivity contribution in [2.45, 2.75) is 25.5 Å². The molecule has 0 bridgehead atoms. The van der Waals surface area contributed by atoms with E-state index in [0.29, 0.717) is 24.9 Å². The first-order chi connectivity index (χ1) is 6.12. The Hall–Kier alpha value is -0.870. The molecule has 0 radical (unpaired) electrons. The van der Waals surface area contributed by atoms with E-state index in [2.05, 4.69) is 18.9 Å². The van der Waals surface area contributed by atoms with Gasteiger partial charge in [-0.1, -0.05) is 0 Å². The summed E-state index contributed by atoms with van der Waals surface area (Å²) in [5, 5.41) is 14.2. The van der Waals surface area contributed by atoms with Crippen molar-refractivity contribution in [3.05, 3.63) is 18.0 Å². The zero-order valence-corrected chi connectivity index (χ0v) is 7.90. The van der Waals surface area contributed by atoms with Gasteiger partial charge in [0.15, 0.2) is 5.60 Å². The minimum Gasteiger partial charge on any atom is -0.379 e. The fraction of sp³-hybridized carbons (Fsp3) is 0.667. The Morgan fingerprint density at radius 3 is 2.69 bits per heavy atom. The number of hydrogen-bond donors (Lipinski definition) is 1. The average molecular weight is 182 g/mol. The van der Waals surface area contributed by atoms with E-state index in [9.17, 15) is 5.11 Å². The van der Waals surface area contributed by atoms with Gasteiger partial charge in [-0.2, -0.15) is 5.10 Å². The molecule has 13 heavy (non-hydrogen) atoms. The molecule has 1 N–H and O–H groups in total. The van der Waals surface area contributed by atoms with Crippen LogP contribution in [0.25, 0.3) is 0 Å². The molecule has 1 fully saturated rings. The number of ether oxygens (including phenoxy) is 1. The fourth-order valence-corrected chi connectivity index (χ4v) is 1.32. The van der Waals surface area contributed by atoms with Crippen molar-refractivity contribution in [2.24, 2.45) is 0 Å². The third-order valence-electron chi connectivity index (χ3n) is 2.30. The molecule has 1 aromatic heterocycles. The van der Waals surface area contributed by atoms with Gasteiger partial charge in [-0.05, 0) is 19.9 Å². The minimum absolute atomic E-state index is 0.332. The highest BCUT2D eigenvalue weighted by molar-refractivity contribution is 5.13. The van der Waals surface area contributed by atoms with E-state index in [0.717, 1.165) is 0 Å². The Bertz CT molecular complexity index is 302. The minimum atomic E-state index is -0.833. The number of aliphatic hydroxyl groups is 1. The standard InChI is InChI=1S/C9H14N2O2/c1-7(2)11-4-3-8(10-11)9(12)5-13-6-9/h3-4,7,12H,5-6H2,1-2H3. The van der Waals surface area contributed by atoms with Crippen molar-refractivity contribution in [1.29, 1.82) is 0 Å². The van der Waals surface area contributed by atoms with Gasteiger partial charge in [-0.3, -0.25) is 4.68 Å². The average Bonchev–Trinajstić information content (AvgIpc) is 2.48. The second kappa shape index (κ2) is 2.82. The molecule has 1 aromatic rings. The summed E-state index contributed by atoms with van der Waals surface area (Å²) in [6.07, 6.45) is 1.89. The third-order valence-corrected chi connectivity index (χ3v) is 2.30. The van der Waals surface area contributed by atoms with Crippen LogP contribution in [0, 0.1) is 0 Å². The van der Waals surface area contributed by atoms with Crippen molar-refractivity contribution >= 4 is 0 Å². The number of aromatic nitrogens is 2. The molecule has 4 heteroatoms. The van der Waals surface area contributed by atoms with Gasteiger partial charge >= 0.3 is 0 Å². The summed E-state index contributed by atoms with van der Waals surface area (Å²) in [6.45, 7) is 4.83. The highest BCUT2D eigenvalue weighted by Gasteiger charge is 2.40. The molecular formula is C9H14N2O2. The zero-order valence-electron chi connectivity index (χ0n) is 7.90. The van der Waals surface area contributed by atoms with Crippen molar-refractivity contribution in [3.63, 3.8) is 0 Å². The van der Waals surface area contributed by atoms with Crippen LogP contribution < -0.4 is 0 Å². The largest absolute Gasteiger partial charge is 0.379 e. The second-order valence-electron chi connectivity index (χ2n) is 3.80. The molecule has 0 aliphatic carbocycles. The first kappa shape index (κ1) is 8.72. The van der Waals surface area contributed by atoms with Crippen LogP contribution in [0.4, 0.5) is 0 Å². The van der Waals surface area contributed by atoms with Gasteiger partial charge in [0, 0.05) is 12.2 Å². The van der Waals surface area contributed by atoms with E-state index in [1.165, 1.54) is 0 Å². The first-order valence-corrected chi connectivity index (χ1v) is 4.47. The highest BCUT2D eigenvalue weighted by atomic mass is 16.5. The molecule has 0 atom stereocenters. The van der Waals surface area contributed by atoms with E-state index in [1.54, 1.807) is 0 Å². The highest BCUT2D eigenvalue weighted by Crippen LogP contribution is 2.27. The van der Waals surface area contributed by atoms with Gasteiger partial charge in [0.2, 0.25) is 0 Å². The zero-order chi connectivity index (χ0) is 9.47. The molecule has 1 saturated heterocycles. The Morgan fingerprint density at radius 2 is 2.31 bits per heavy atom. The molecule has 2 rings (SSSR count). The molecule has 2 heterocycles. The summed E-state index contributed by atoms with van der Waals surface area (Å²) in [5.74, 6) is 0. The first-order valence-electron chi connectivity index (χ1n) is 4.47. The monoisotopic (exact) mass is 182 g/mol. The summed E-state index contributed by atoms with van der Waals surface area (Å²) >= 11 is 0. The Balaban J connectivity index is 2.22. The molecular weight excluding hydrogens is 168 g/mol. The maximum atomic E-state index is 9.88. The van der Waals surface area contributed by atoms with E-state index >= 15 is 0 Å². The summed E-state index contributed by atoms with van der Waals surface area (Å²) in [5.41, 5.74) is -0.118. The summed E-state index contributed by atoms with van der Waals surface area (Å²) < 4.78 is 6.80. The van der Waals surface area contributed by atoms with Gasteiger partial charge in [0.25, 0.3) is 0 Å². The molecule has 72 valence electrons. The Kier molecular flexibility index (Phi) is 1.89. The molecule has 0 unspecified atom stereocenters. The molecule has 0 amide bonds. The van der Waals surface area contributed by atoms with Crippen LogP contribution >= 0.6 is 0 Å². The second-order valence-corrected chi connectivity index (χ2v) is 3.80. The lowest BCUT2D eigenvalue weighted by molar-refractivity contribution is -0.187. The maximum Gasteiger partial charge on any atom is 0.154 e. The van der Waals surface area contributed by atoms with Crippen LogP contribution in [0.3, 0.4) is 0 Å². The Labute approximate surface area is 77.1 Å². The van der Waals surface area contributed by atoms with E-state index in [-0.39, 0.29) is 0 Å². The summed E-state index contributed by atoms with van der Waals surface area (Å²) in [6, 6.07) is 2.18. The van der Waals surface area contributed by atoms with Crippen molar-refractivity contribution in [3.8, 4) is 0 Å². The van der Waals surface area contributed by atoms with Crippen LogP contribution in [0.1, 0.15) is 25.6 Å². The molecule has 0 spiro atoms. The smallest absolute Gasteiger partial charge is 0.154 e. The normalized spacial score (nSPS) is 20.3. The topological polar surface area (TPSA) is 47.3 Å². The summed E-state index contributed by atoms with van der Waals surface area (Å²) in [4.78, 5) is 0. The van der Waals surface area contributed by atoms with Crippen molar-refractivity contribution < 1.29 is 9.84 Å². The lowest BCUT2D eigenvalue weighted by atomic mass is 9.99. The maximum absolute atomic E-state index is 9.88. The predicted octanol–water partition coefficient (Wildman–Crippen LogP) is 0.682. The molecule has 0 saturated carbocycles. The van der Waals surface area contributed by atoms with Crippen molar-refractivity contribution in [2.75, 3.05) is 13.2 Å². The van der Waals surface area contributed by atoms with Gasteiger partial charge in [-0.25, -0.2) is 0 Å². The lowest BCUT2D eigenvalue weighted by Crippen LogP contribution is -2.46. The van der Waals surface area contributed by atoms with Crippen molar-refractivity contribution in [1.82, 2.24) is 9.78 Å². The number of hydrogen-bond acceptors (Lipinski definition) is 3. The van der Waals surface area contributed by atoms with Crippen LogP contribution in [0.5, 0.6) is 0 Å². The summed E-state index contributed by atoms with van der Waals surface area (Å²) in [7, 11) is 0. The molecule has 0 aromatic carbocycles. The number of rotatable bonds is 2. The van der Waals surface area contributed by atoms with Gasteiger partial charge in [-0.15, -0.1) is 0 Å². The molecule has 1 aliphatic rings. The number of nitrogens with zero attached hydrogens (tertiary/aromatic N) is 2. The quantitative estimate of drug-likeness (QED) is 0.731. The van der Waals surface area contributed by atoms with Gasteiger partial charge < -0.3 is 9.84 Å². The van der Waals surface area contributed by atoms with Crippen LogP contribution in [-0.4, -0.2) is 28.1 Å². The van der Waals surface area contributed by atoms with Gasteiger partial charge in [0.1, 0.15) is 0 Å². The van der Waals surface area contributed by atoms with Crippen LogP contribution in [0.15, 0.2) is 12.3 Å². The van der Waals surface area contributed by atoms with E-state index < -0.39 is 5.60 Å². The molecule has 4 nitrogen and oxygen atoms in total.